The maximum atomic E-state index is 12.8. The number of nitrogens with one attached hydrogen (secondary N) is 1. The number of rotatable bonds is 4. The van der Waals surface area contributed by atoms with E-state index in [1.165, 1.54) is 6.42 Å². The molecule has 1 N–H and O–H groups in total. The highest BCUT2D eigenvalue weighted by atomic mass is 16.2. The molecule has 3 nitrogen and oxygen atoms in total. The molecule has 3 heteroatoms. The van der Waals surface area contributed by atoms with Gasteiger partial charge in [0.25, 0.3) is 0 Å². The van der Waals surface area contributed by atoms with E-state index in [9.17, 15) is 4.79 Å². The molecule has 2 rings (SSSR count). The Morgan fingerprint density at radius 2 is 2.28 bits per heavy atom. The van der Waals surface area contributed by atoms with E-state index < -0.39 is 0 Å². The van der Waals surface area contributed by atoms with Gasteiger partial charge in [-0.1, -0.05) is 27.2 Å². The molecule has 2 fully saturated rings. The molecule has 0 aromatic rings. The van der Waals surface area contributed by atoms with Gasteiger partial charge in [-0.3, -0.25) is 4.79 Å². The van der Waals surface area contributed by atoms with E-state index in [0.29, 0.717) is 17.7 Å². The molecule has 1 amide bonds. The van der Waals surface area contributed by atoms with Crippen LogP contribution in [0.15, 0.2) is 0 Å². The highest BCUT2D eigenvalue weighted by molar-refractivity contribution is 5.87. The summed E-state index contributed by atoms with van der Waals surface area (Å²) in [6.45, 7) is 9.67. The standard InChI is InChI=1S/C15H28N2O/c1-4-7-15(8-5-9-16-15)14(18)17-10-6-13(11-17)12(2)3/h12-13,16H,4-11H2,1-3H3. The van der Waals surface area contributed by atoms with Crippen LogP contribution in [0, 0.1) is 11.8 Å². The molecule has 2 unspecified atom stereocenters. The zero-order chi connectivity index (χ0) is 13.2. The van der Waals surface area contributed by atoms with Crippen LogP contribution in [0.25, 0.3) is 0 Å². The van der Waals surface area contributed by atoms with Gasteiger partial charge in [0.2, 0.25) is 5.91 Å². The van der Waals surface area contributed by atoms with Gasteiger partial charge in [0.1, 0.15) is 0 Å². The van der Waals surface area contributed by atoms with Crippen molar-refractivity contribution in [3.8, 4) is 0 Å². The number of carbonyl (C=O) groups is 1. The van der Waals surface area contributed by atoms with Crippen LogP contribution < -0.4 is 5.32 Å². The van der Waals surface area contributed by atoms with Crippen molar-refractivity contribution < 1.29 is 4.79 Å². The Balaban J connectivity index is 2.02. The van der Waals surface area contributed by atoms with Crippen molar-refractivity contribution in [3.05, 3.63) is 0 Å². The van der Waals surface area contributed by atoms with E-state index in [-0.39, 0.29) is 5.54 Å². The summed E-state index contributed by atoms with van der Waals surface area (Å²) in [6.07, 6.45) is 5.44. The lowest BCUT2D eigenvalue weighted by Gasteiger charge is -2.32. The summed E-state index contributed by atoms with van der Waals surface area (Å²) in [7, 11) is 0. The van der Waals surface area contributed by atoms with Gasteiger partial charge >= 0.3 is 0 Å². The highest BCUT2D eigenvalue weighted by Crippen LogP contribution is 2.31. The van der Waals surface area contributed by atoms with E-state index >= 15 is 0 Å². The third kappa shape index (κ3) is 2.56. The van der Waals surface area contributed by atoms with E-state index in [1.54, 1.807) is 0 Å². The summed E-state index contributed by atoms with van der Waals surface area (Å²) in [5.41, 5.74) is -0.222. The van der Waals surface area contributed by atoms with Gasteiger partial charge in [0.15, 0.2) is 0 Å². The second kappa shape index (κ2) is 5.60. The minimum absolute atomic E-state index is 0.222. The van der Waals surface area contributed by atoms with Gasteiger partial charge in [-0.05, 0) is 44.1 Å². The van der Waals surface area contributed by atoms with Crippen LogP contribution in [-0.4, -0.2) is 36.0 Å². The first-order valence-electron chi connectivity index (χ1n) is 7.63. The van der Waals surface area contributed by atoms with Crippen LogP contribution in [0.5, 0.6) is 0 Å². The van der Waals surface area contributed by atoms with Gasteiger partial charge in [0.05, 0.1) is 5.54 Å². The maximum Gasteiger partial charge on any atom is 0.242 e. The second-order valence-corrected chi connectivity index (χ2v) is 6.41. The molecule has 0 bridgehead atoms. The fourth-order valence-corrected chi connectivity index (χ4v) is 3.55. The molecule has 2 saturated heterocycles. The fourth-order valence-electron chi connectivity index (χ4n) is 3.55. The molecule has 0 aromatic carbocycles. The van der Waals surface area contributed by atoms with E-state index in [2.05, 4.69) is 31.0 Å². The van der Waals surface area contributed by atoms with Gasteiger partial charge in [-0.25, -0.2) is 0 Å². The van der Waals surface area contributed by atoms with Crippen molar-refractivity contribution >= 4 is 5.91 Å². The van der Waals surface area contributed by atoms with Crippen LogP contribution in [0.2, 0.25) is 0 Å². The van der Waals surface area contributed by atoms with E-state index in [4.69, 9.17) is 0 Å². The Morgan fingerprint density at radius 1 is 1.50 bits per heavy atom. The number of nitrogens with zero attached hydrogens (tertiary/aromatic N) is 1. The van der Waals surface area contributed by atoms with Crippen molar-refractivity contribution in [2.24, 2.45) is 11.8 Å². The first kappa shape index (κ1) is 13.9. The summed E-state index contributed by atoms with van der Waals surface area (Å²) in [6, 6.07) is 0. The molecule has 0 spiro atoms. The topological polar surface area (TPSA) is 32.3 Å². The first-order valence-corrected chi connectivity index (χ1v) is 7.63. The SMILES string of the molecule is CCCC1(C(=O)N2CCC(C(C)C)C2)CCCN1. The van der Waals surface area contributed by atoms with Crippen LogP contribution >= 0.6 is 0 Å². The van der Waals surface area contributed by atoms with Gasteiger partial charge in [-0.15, -0.1) is 0 Å². The monoisotopic (exact) mass is 252 g/mol. The number of hydrogen-bond donors (Lipinski definition) is 1. The normalized spacial score (nSPS) is 32.4. The Morgan fingerprint density at radius 3 is 2.78 bits per heavy atom. The molecule has 0 aliphatic carbocycles. The molecule has 0 aromatic heterocycles. The molecule has 2 heterocycles. The maximum absolute atomic E-state index is 12.8. The third-order valence-corrected chi connectivity index (χ3v) is 4.78. The Kier molecular flexibility index (Phi) is 4.31. The Labute approximate surface area is 111 Å². The minimum atomic E-state index is -0.222. The Bertz CT molecular complexity index is 295. The lowest BCUT2D eigenvalue weighted by molar-refractivity contribution is -0.137. The lowest BCUT2D eigenvalue weighted by atomic mass is 9.90. The van der Waals surface area contributed by atoms with Gasteiger partial charge < -0.3 is 10.2 Å². The van der Waals surface area contributed by atoms with Crippen LogP contribution in [-0.2, 0) is 4.79 Å². The predicted octanol–water partition coefficient (Wildman–Crippen LogP) is 2.41. The quantitative estimate of drug-likeness (QED) is 0.833. The van der Waals surface area contributed by atoms with Crippen molar-refractivity contribution in [1.82, 2.24) is 10.2 Å². The summed E-state index contributed by atoms with van der Waals surface area (Å²) in [4.78, 5) is 14.9. The molecule has 0 radical (unpaired) electrons. The largest absolute Gasteiger partial charge is 0.341 e. The summed E-state index contributed by atoms with van der Waals surface area (Å²) < 4.78 is 0. The summed E-state index contributed by atoms with van der Waals surface area (Å²) in [5, 5.41) is 3.50. The van der Waals surface area contributed by atoms with Crippen LogP contribution in [0.4, 0.5) is 0 Å². The molecule has 18 heavy (non-hydrogen) atoms. The van der Waals surface area contributed by atoms with Crippen LogP contribution in [0.1, 0.15) is 52.9 Å². The number of amides is 1. The van der Waals surface area contributed by atoms with Crippen molar-refractivity contribution in [2.45, 2.75) is 58.4 Å². The first-order chi connectivity index (χ1) is 8.59. The molecule has 2 atom stereocenters. The fraction of sp³-hybridized carbons (Fsp3) is 0.933. The van der Waals surface area contributed by atoms with Crippen molar-refractivity contribution in [2.75, 3.05) is 19.6 Å². The zero-order valence-corrected chi connectivity index (χ0v) is 12.2. The predicted molar refractivity (Wildman–Crippen MR) is 74.4 cm³/mol. The van der Waals surface area contributed by atoms with Gasteiger partial charge in [0, 0.05) is 13.1 Å². The van der Waals surface area contributed by atoms with Gasteiger partial charge in [-0.2, -0.15) is 0 Å². The molecule has 2 aliphatic rings. The molecule has 104 valence electrons. The summed E-state index contributed by atoms with van der Waals surface area (Å²) >= 11 is 0. The number of carbonyl (C=O) groups excluding carboxylic acids is 1. The smallest absolute Gasteiger partial charge is 0.242 e. The van der Waals surface area contributed by atoms with Crippen molar-refractivity contribution in [1.29, 1.82) is 0 Å². The minimum Gasteiger partial charge on any atom is -0.341 e. The highest BCUT2D eigenvalue weighted by Gasteiger charge is 2.44. The van der Waals surface area contributed by atoms with Crippen LogP contribution in [0.3, 0.4) is 0 Å². The molecular weight excluding hydrogens is 224 g/mol. The number of likely N-dealkylation sites (tertiary alicyclic amines) is 1. The lowest BCUT2D eigenvalue weighted by Crippen LogP contribution is -2.54. The average molecular weight is 252 g/mol. The Hall–Kier alpha value is -0.570. The average Bonchev–Trinajstić information content (AvgIpc) is 2.97. The zero-order valence-electron chi connectivity index (χ0n) is 12.2. The van der Waals surface area contributed by atoms with E-state index in [1.807, 2.05) is 0 Å². The third-order valence-electron chi connectivity index (χ3n) is 4.78. The molecule has 2 aliphatic heterocycles. The van der Waals surface area contributed by atoms with Crippen molar-refractivity contribution in [3.63, 3.8) is 0 Å². The molecular formula is C15H28N2O. The molecule has 0 saturated carbocycles. The van der Waals surface area contributed by atoms with E-state index in [0.717, 1.165) is 45.3 Å². The summed E-state index contributed by atoms with van der Waals surface area (Å²) in [5.74, 6) is 1.78. The second-order valence-electron chi connectivity index (χ2n) is 6.41. The number of hydrogen-bond acceptors (Lipinski definition) is 2.